The number of halogens is 2. The zero-order valence-electron chi connectivity index (χ0n) is 15.1. The van der Waals surface area contributed by atoms with E-state index in [1.165, 1.54) is 35.9 Å². The molecule has 0 radical (unpaired) electrons. The monoisotopic (exact) mass is 422 g/mol. The number of fused-ring (bicyclic) bond motifs is 2. The van der Waals surface area contributed by atoms with Crippen molar-refractivity contribution < 1.29 is 18.4 Å². The van der Waals surface area contributed by atoms with E-state index in [2.05, 4.69) is 20.0 Å². The van der Waals surface area contributed by atoms with Gasteiger partial charge >= 0.3 is 0 Å². The molecule has 2 amide bonds. The summed E-state index contributed by atoms with van der Waals surface area (Å²) < 4.78 is 33.3. The van der Waals surface area contributed by atoms with Crippen molar-refractivity contribution in [1.82, 2.24) is 14.7 Å². The van der Waals surface area contributed by atoms with E-state index in [-0.39, 0.29) is 28.2 Å². The number of nitrogens with zero attached hydrogens (tertiary/aromatic N) is 2. The predicted molar refractivity (Wildman–Crippen MR) is 107 cm³/mol. The van der Waals surface area contributed by atoms with E-state index in [1.807, 2.05) is 18.2 Å². The van der Waals surface area contributed by atoms with Crippen LogP contribution in [0.3, 0.4) is 0 Å². The van der Waals surface area contributed by atoms with Crippen molar-refractivity contribution in [2.45, 2.75) is 6.04 Å². The number of anilines is 1. The number of aromatic nitrogens is 2. The van der Waals surface area contributed by atoms with Gasteiger partial charge in [0.25, 0.3) is 11.8 Å². The minimum Gasteiger partial charge on any atom is -0.339 e. The molecule has 0 saturated carbocycles. The molecule has 5 rings (SSSR count). The Bertz CT molecular complexity index is 1340. The molecule has 2 aromatic heterocycles. The fourth-order valence-electron chi connectivity index (χ4n) is 3.53. The normalized spacial score (nSPS) is 15.1. The van der Waals surface area contributed by atoms with Gasteiger partial charge in [-0.3, -0.25) is 14.6 Å². The fraction of sp³-hybridized carbons (Fsp3) is 0.0476. The molecule has 1 unspecified atom stereocenters. The Labute approximate surface area is 172 Å². The van der Waals surface area contributed by atoms with Crippen LogP contribution < -0.4 is 10.6 Å². The average molecular weight is 422 g/mol. The third kappa shape index (κ3) is 2.82. The number of benzene rings is 2. The largest absolute Gasteiger partial charge is 0.339 e. The van der Waals surface area contributed by atoms with E-state index >= 15 is 0 Å². The van der Waals surface area contributed by atoms with E-state index in [0.717, 1.165) is 10.8 Å². The van der Waals surface area contributed by atoms with E-state index < -0.39 is 29.5 Å². The van der Waals surface area contributed by atoms with Crippen LogP contribution in [0.4, 0.5) is 14.5 Å². The van der Waals surface area contributed by atoms with Gasteiger partial charge in [0.2, 0.25) is 0 Å². The topological polar surface area (TPSA) is 84.0 Å². The van der Waals surface area contributed by atoms with Gasteiger partial charge in [-0.05, 0) is 29.7 Å². The van der Waals surface area contributed by atoms with Crippen LogP contribution in [-0.4, -0.2) is 21.2 Å². The first kappa shape index (κ1) is 18.3. The molecule has 3 heterocycles. The van der Waals surface area contributed by atoms with Crippen LogP contribution in [0.2, 0.25) is 0 Å². The van der Waals surface area contributed by atoms with Crippen molar-refractivity contribution in [3.63, 3.8) is 0 Å². The van der Waals surface area contributed by atoms with Crippen LogP contribution in [0.1, 0.15) is 38.1 Å². The molecular weight excluding hydrogens is 410 g/mol. The Morgan fingerprint density at radius 1 is 1.10 bits per heavy atom. The molecule has 0 bridgehead atoms. The maximum Gasteiger partial charge on any atom is 0.276 e. The second-order valence-electron chi connectivity index (χ2n) is 6.65. The summed E-state index contributed by atoms with van der Waals surface area (Å²) in [6.07, 6.45) is 1.37. The zero-order valence-corrected chi connectivity index (χ0v) is 16.0. The number of carbonyl (C=O) groups is 2. The van der Waals surface area contributed by atoms with Gasteiger partial charge < -0.3 is 10.6 Å². The van der Waals surface area contributed by atoms with Crippen LogP contribution in [0.15, 0.2) is 54.7 Å². The lowest BCUT2D eigenvalue weighted by atomic mass is 9.98. The minimum absolute atomic E-state index is 0.0459. The van der Waals surface area contributed by atoms with E-state index in [9.17, 15) is 18.4 Å². The highest BCUT2D eigenvalue weighted by Crippen LogP contribution is 2.37. The van der Waals surface area contributed by atoms with Crippen LogP contribution in [0, 0.1) is 11.6 Å². The zero-order chi connectivity index (χ0) is 20.8. The Kier molecular flexibility index (Phi) is 4.25. The molecule has 0 spiro atoms. The highest BCUT2D eigenvalue weighted by molar-refractivity contribution is 7.13. The number of hydrogen-bond donors (Lipinski definition) is 2. The van der Waals surface area contributed by atoms with Crippen LogP contribution in [0.5, 0.6) is 0 Å². The lowest BCUT2D eigenvalue weighted by molar-refractivity contribution is 0.0955. The Hall–Kier alpha value is -3.72. The molecule has 1 aliphatic heterocycles. The summed E-state index contributed by atoms with van der Waals surface area (Å²) in [5, 5.41) is 6.06. The smallest absolute Gasteiger partial charge is 0.276 e. The van der Waals surface area contributed by atoms with Crippen molar-refractivity contribution in [1.29, 1.82) is 0 Å². The maximum absolute atomic E-state index is 14.4. The number of carbonyl (C=O) groups excluding carboxylic acids is 2. The van der Waals surface area contributed by atoms with Gasteiger partial charge in [0, 0.05) is 22.7 Å². The molecule has 1 atom stereocenters. The van der Waals surface area contributed by atoms with Gasteiger partial charge in [0.05, 0.1) is 16.4 Å². The first-order valence-corrected chi connectivity index (χ1v) is 9.71. The second-order valence-corrected chi connectivity index (χ2v) is 7.46. The second kappa shape index (κ2) is 6.96. The van der Waals surface area contributed by atoms with Gasteiger partial charge in [-0.25, -0.2) is 8.78 Å². The summed E-state index contributed by atoms with van der Waals surface area (Å²) in [4.78, 5) is 29.3. The number of hydrogen-bond acceptors (Lipinski definition) is 5. The van der Waals surface area contributed by atoms with Gasteiger partial charge in [0.15, 0.2) is 11.6 Å². The summed E-state index contributed by atoms with van der Waals surface area (Å²) in [6, 6.07) is 11.6. The lowest BCUT2D eigenvalue weighted by Crippen LogP contribution is -2.22. The molecule has 2 N–H and O–H groups in total. The number of pyridine rings is 1. The van der Waals surface area contributed by atoms with Gasteiger partial charge in [-0.15, -0.1) is 0 Å². The summed E-state index contributed by atoms with van der Waals surface area (Å²) in [6.45, 7) is 0. The quantitative estimate of drug-likeness (QED) is 0.522. The standard InChI is InChI=1S/C21H12F2N4O2S/c22-12-6-3-5-11(16(12)23)17-15-13(8-9-24-19(15)21(29)26-17)25-20(28)18-10-4-1-2-7-14(10)30-27-18/h1-9,17H,(H,26,29)(H,24,25,28). The molecule has 1 aliphatic rings. The third-order valence-corrected chi connectivity index (χ3v) is 5.73. The van der Waals surface area contributed by atoms with Crippen LogP contribution in [-0.2, 0) is 0 Å². The van der Waals surface area contributed by atoms with Crippen LogP contribution >= 0.6 is 11.5 Å². The first-order chi connectivity index (χ1) is 14.5. The summed E-state index contributed by atoms with van der Waals surface area (Å²) in [7, 11) is 0. The van der Waals surface area contributed by atoms with Gasteiger partial charge in [0.1, 0.15) is 11.4 Å². The maximum atomic E-state index is 14.4. The predicted octanol–water partition coefficient (Wildman–Crippen LogP) is 4.05. The number of nitrogens with one attached hydrogen (secondary N) is 2. The molecule has 0 aliphatic carbocycles. The fourth-order valence-corrected chi connectivity index (χ4v) is 4.31. The van der Waals surface area contributed by atoms with E-state index in [4.69, 9.17) is 0 Å². The molecule has 148 valence electrons. The first-order valence-electron chi connectivity index (χ1n) is 8.94. The minimum atomic E-state index is -1.07. The Morgan fingerprint density at radius 2 is 1.93 bits per heavy atom. The number of rotatable bonds is 3. The molecule has 0 saturated heterocycles. The van der Waals surface area contributed by atoms with Crippen LogP contribution in [0.25, 0.3) is 10.1 Å². The van der Waals surface area contributed by atoms with Gasteiger partial charge in [-0.1, -0.05) is 30.3 Å². The Morgan fingerprint density at radius 3 is 2.80 bits per heavy atom. The van der Waals surface area contributed by atoms with Gasteiger partial charge in [-0.2, -0.15) is 4.37 Å². The molecule has 30 heavy (non-hydrogen) atoms. The third-order valence-electron chi connectivity index (χ3n) is 4.90. The molecular formula is C21H12F2N4O2S. The molecule has 9 heteroatoms. The van der Waals surface area contributed by atoms with Crippen molar-refractivity contribution >= 4 is 39.1 Å². The van der Waals surface area contributed by atoms with Crippen molar-refractivity contribution in [3.05, 3.63) is 88.9 Å². The van der Waals surface area contributed by atoms with E-state index in [1.54, 1.807) is 6.07 Å². The molecule has 6 nitrogen and oxygen atoms in total. The Balaban J connectivity index is 1.57. The summed E-state index contributed by atoms with van der Waals surface area (Å²) in [5.74, 6) is -3.10. The summed E-state index contributed by atoms with van der Waals surface area (Å²) in [5.41, 5.74) is 0.787. The van der Waals surface area contributed by atoms with Crippen molar-refractivity contribution in [2.24, 2.45) is 0 Å². The highest BCUT2D eigenvalue weighted by Gasteiger charge is 2.36. The molecule has 0 fully saturated rings. The van der Waals surface area contributed by atoms with Crippen molar-refractivity contribution in [2.75, 3.05) is 5.32 Å². The summed E-state index contributed by atoms with van der Waals surface area (Å²) >= 11 is 1.20. The lowest BCUT2D eigenvalue weighted by Gasteiger charge is -2.16. The average Bonchev–Trinajstić information content (AvgIpc) is 3.32. The highest BCUT2D eigenvalue weighted by atomic mass is 32.1. The molecule has 4 aromatic rings. The molecule has 2 aromatic carbocycles. The van der Waals surface area contributed by atoms with Crippen molar-refractivity contribution in [3.8, 4) is 0 Å². The SMILES string of the molecule is O=C1NC(c2cccc(F)c2F)c2c(NC(=O)c3nsc4ccccc34)ccnc21. The van der Waals surface area contributed by atoms with E-state index in [0.29, 0.717) is 5.39 Å². The number of amides is 2.